The van der Waals surface area contributed by atoms with Crippen molar-refractivity contribution >= 4 is 5.97 Å². The number of aliphatic carboxylic acids is 1. The average molecular weight is 639 g/mol. The summed E-state index contributed by atoms with van der Waals surface area (Å²) in [4.78, 5) is 11.6. The van der Waals surface area contributed by atoms with Crippen LogP contribution in [0, 0.1) is 10.8 Å². The number of hydrogen-bond donors (Lipinski definition) is 2. The summed E-state index contributed by atoms with van der Waals surface area (Å²) in [5.41, 5.74) is -0.306. The van der Waals surface area contributed by atoms with Gasteiger partial charge in [-0.25, -0.2) is 0 Å². The summed E-state index contributed by atoms with van der Waals surface area (Å²) in [6, 6.07) is 0. The number of hydrogen-bond acceptors (Lipinski definition) is 2. The van der Waals surface area contributed by atoms with E-state index in [4.69, 9.17) is 0 Å². The first-order valence-corrected chi connectivity index (χ1v) is 20.6. The van der Waals surface area contributed by atoms with Crippen molar-refractivity contribution in [3.05, 3.63) is 0 Å². The third-order valence-corrected chi connectivity index (χ3v) is 10.3. The van der Waals surface area contributed by atoms with E-state index in [0.29, 0.717) is 6.61 Å². The molecule has 0 bridgehead atoms. The van der Waals surface area contributed by atoms with Gasteiger partial charge in [0.05, 0.1) is 5.41 Å². The molecule has 2 atom stereocenters. The van der Waals surface area contributed by atoms with E-state index < -0.39 is 11.4 Å². The van der Waals surface area contributed by atoms with Gasteiger partial charge in [-0.3, -0.25) is 4.79 Å². The van der Waals surface area contributed by atoms with Gasteiger partial charge in [0.1, 0.15) is 0 Å². The predicted octanol–water partition coefficient (Wildman–Crippen LogP) is 14.6. The smallest absolute Gasteiger partial charge is 0.309 e. The number of aliphatic hydroxyl groups excluding tert-OH is 1. The van der Waals surface area contributed by atoms with Crippen molar-refractivity contribution in [2.45, 2.75) is 247 Å². The van der Waals surface area contributed by atoms with E-state index in [0.717, 1.165) is 25.7 Å². The van der Waals surface area contributed by atoms with Crippen LogP contribution in [0.3, 0.4) is 0 Å². The maximum Gasteiger partial charge on any atom is 0.309 e. The molecule has 0 heterocycles. The monoisotopic (exact) mass is 639 g/mol. The van der Waals surface area contributed by atoms with Crippen molar-refractivity contribution < 1.29 is 15.0 Å². The van der Waals surface area contributed by atoms with Crippen LogP contribution in [-0.4, -0.2) is 22.8 Å². The van der Waals surface area contributed by atoms with Gasteiger partial charge < -0.3 is 10.2 Å². The van der Waals surface area contributed by atoms with Crippen LogP contribution in [0.2, 0.25) is 0 Å². The van der Waals surface area contributed by atoms with Gasteiger partial charge in [0.15, 0.2) is 0 Å². The van der Waals surface area contributed by atoms with Crippen molar-refractivity contribution in [2.24, 2.45) is 10.8 Å². The van der Waals surface area contributed by atoms with E-state index in [9.17, 15) is 15.0 Å². The van der Waals surface area contributed by atoms with E-state index in [1.807, 2.05) is 6.92 Å². The summed E-state index contributed by atoms with van der Waals surface area (Å²) in [5, 5.41) is 19.3. The third-order valence-electron chi connectivity index (χ3n) is 10.3. The van der Waals surface area contributed by atoms with Crippen molar-refractivity contribution in [3.8, 4) is 0 Å². The fourth-order valence-corrected chi connectivity index (χ4v) is 6.58. The highest BCUT2D eigenvalue weighted by atomic mass is 16.4. The minimum atomic E-state index is -0.589. The van der Waals surface area contributed by atoms with Gasteiger partial charge in [-0.05, 0) is 38.0 Å². The Balaban J connectivity index is 0. The summed E-state index contributed by atoms with van der Waals surface area (Å²) in [6.45, 7) is 13.6. The molecule has 2 N–H and O–H groups in total. The highest BCUT2D eigenvalue weighted by molar-refractivity contribution is 5.74. The molecule has 0 aliphatic carbocycles. The molecule has 0 saturated heterocycles. The van der Waals surface area contributed by atoms with E-state index in [1.165, 1.54) is 180 Å². The van der Waals surface area contributed by atoms with Gasteiger partial charge in [0.2, 0.25) is 0 Å². The zero-order chi connectivity index (χ0) is 33.9. The maximum absolute atomic E-state index is 11.6. The molecule has 0 rings (SSSR count). The van der Waals surface area contributed by atoms with Gasteiger partial charge in [0, 0.05) is 6.61 Å². The van der Waals surface area contributed by atoms with Gasteiger partial charge in [-0.1, -0.05) is 214 Å². The topological polar surface area (TPSA) is 57.5 Å². The van der Waals surface area contributed by atoms with Crippen molar-refractivity contribution in [1.82, 2.24) is 0 Å². The van der Waals surface area contributed by atoms with E-state index in [-0.39, 0.29) is 5.41 Å². The SMILES string of the molecule is CCCCCCCCCCC(C)(CCCCCCCC)C(=O)O.CCCCCCCCCCC(C)(CO)CCCCCCCC. The number of carboxylic acid groups (broad SMARTS) is 1. The molecule has 0 amide bonds. The largest absolute Gasteiger partial charge is 0.481 e. The van der Waals surface area contributed by atoms with Crippen LogP contribution in [0.25, 0.3) is 0 Å². The maximum atomic E-state index is 11.6. The zero-order valence-corrected chi connectivity index (χ0v) is 32.1. The van der Waals surface area contributed by atoms with E-state index in [1.54, 1.807) is 0 Å². The molecule has 0 aliphatic rings. The summed E-state index contributed by atoms with van der Waals surface area (Å²) in [7, 11) is 0. The molecule has 0 fully saturated rings. The second-order valence-electron chi connectivity index (χ2n) is 15.3. The Labute approximate surface area is 284 Å². The Morgan fingerprint density at radius 2 is 0.622 bits per heavy atom. The molecule has 0 spiro atoms. The molecule has 0 radical (unpaired) electrons. The number of carboxylic acids is 1. The molecule has 3 nitrogen and oxygen atoms in total. The van der Waals surface area contributed by atoms with E-state index >= 15 is 0 Å². The predicted molar refractivity (Wildman–Crippen MR) is 201 cm³/mol. The summed E-state index contributed by atoms with van der Waals surface area (Å²) < 4.78 is 0. The van der Waals surface area contributed by atoms with Crippen LogP contribution < -0.4 is 0 Å². The lowest BCUT2D eigenvalue weighted by atomic mass is 9.80. The van der Waals surface area contributed by atoms with Gasteiger partial charge >= 0.3 is 5.97 Å². The number of aliphatic hydroxyl groups is 1. The van der Waals surface area contributed by atoms with Gasteiger partial charge in [0.25, 0.3) is 0 Å². The Kier molecular flexibility index (Phi) is 36.0. The summed E-state index contributed by atoms with van der Waals surface area (Å²) >= 11 is 0. The van der Waals surface area contributed by atoms with Crippen molar-refractivity contribution in [2.75, 3.05) is 6.61 Å². The first-order valence-electron chi connectivity index (χ1n) is 20.6. The van der Waals surface area contributed by atoms with Crippen LogP contribution in [0.5, 0.6) is 0 Å². The fraction of sp³-hybridized carbons (Fsp3) is 0.976. The molecular formula is C42H86O3. The molecule has 45 heavy (non-hydrogen) atoms. The lowest BCUT2D eigenvalue weighted by Gasteiger charge is -2.27. The first kappa shape index (κ1) is 46.5. The van der Waals surface area contributed by atoms with Crippen LogP contribution in [0.15, 0.2) is 0 Å². The Morgan fingerprint density at radius 1 is 0.400 bits per heavy atom. The molecule has 0 aromatic carbocycles. The van der Waals surface area contributed by atoms with Gasteiger partial charge in [-0.2, -0.15) is 0 Å². The fourth-order valence-electron chi connectivity index (χ4n) is 6.58. The number of carbonyl (C=O) groups is 1. The van der Waals surface area contributed by atoms with Crippen LogP contribution >= 0.6 is 0 Å². The van der Waals surface area contributed by atoms with E-state index in [2.05, 4.69) is 34.6 Å². The standard InChI is InChI=1S/C21H42O2.C21H44O/c1-4-6-8-10-12-13-15-17-19-21(3,20(22)23)18-16-14-11-9-7-5-2;1-4-6-8-10-12-13-15-17-19-21(3,20-22)18-16-14-11-9-7-5-2/h4-19H2,1-3H3,(H,22,23);22H,4-20H2,1-3H3. The first-order chi connectivity index (χ1) is 21.7. The molecule has 0 aromatic heterocycles. The molecule has 0 saturated carbocycles. The third kappa shape index (κ3) is 31.8. The summed E-state index contributed by atoms with van der Waals surface area (Å²) in [5.74, 6) is -0.589. The Bertz CT molecular complexity index is 590. The number of rotatable bonds is 34. The molecular weight excluding hydrogens is 552 g/mol. The van der Waals surface area contributed by atoms with Crippen LogP contribution in [0.1, 0.15) is 247 Å². The molecule has 0 aromatic rings. The lowest BCUT2D eigenvalue weighted by molar-refractivity contribution is -0.149. The number of unbranched alkanes of at least 4 members (excludes halogenated alkanes) is 24. The Morgan fingerprint density at radius 3 is 0.844 bits per heavy atom. The average Bonchev–Trinajstić information content (AvgIpc) is 3.03. The second kappa shape index (κ2) is 34.8. The lowest BCUT2D eigenvalue weighted by Crippen LogP contribution is -2.27. The Hall–Kier alpha value is -0.570. The van der Waals surface area contributed by atoms with Crippen molar-refractivity contribution in [1.29, 1.82) is 0 Å². The minimum absolute atomic E-state index is 0.187. The zero-order valence-electron chi connectivity index (χ0n) is 32.1. The second-order valence-corrected chi connectivity index (χ2v) is 15.3. The summed E-state index contributed by atoms with van der Waals surface area (Å²) in [6.07, 6.45) is 41.0. The minimum Gasteiger partial charge on any atom is -0.481 e. The van der Waals surface area contributed by atoms with Gasteiger partial charge in [-0.15, -0.1) is 0 Å². The van der Waals surface area contributed by atoms with Crippen LogP contribution in [0.4, 0.5) is 0 Å². The molecule has 2 unspecified atom stereocenters. The van der Waals surface area contributed by atoms with Crippen molar-refractivity contribution in [3.63, 3.8) is 0 Å². The molecule has 0 aliphatic heterocycles. The van der Waals surface area contributed by atoms with Crippen LogP contribution in [-0.2, 0) is 4.79 Å². The highest BCUT2D eigenvalue weighted by Crippen LogP contribution is 2.32. The quantitative estimate of drug-likeness (QED) is 0.0689. The molecule has 3 heteroatoms. The normalized spacial score (nSPS) is 14.0. The highest BCUT2D eigenvalue weighted by Gasteiger charge is 2.31. The molecule has 272 valence electrons.